The zero-order valence-electron chi connectivity index (χ0n) is 12.4. The number of Topliss-reactive ketones (excluding diaryl/α,β-unsaturated/α-hetero) is 1. The van der Waals surface area contributed by atoms with Gasteiger partial charge in [0.05, 0.1) is 5.92 Å². The lowest BCUT2D eigenvalue weighted by atomic mass is 9.97. The molecule has 0 aromatic heterocycles. The Kier molecular flexibility index (Phi) is 4.73. The van der Waals surface area contributed by atoms with E-state index in [4.69, 9.17) is 0 Å². The van der Waals surface area contributed by atoms with Crippen LogP contribution in [0.4, 0.5) is 5.69 Å². The summed E-state index contributed by atoms with van der Waals surface area (Å²) in [7, 11) is 0. The van der Waals surface area contributed by atoms with Crippen molar-refractivity contribution in [2.24, 2.45) is 5.92 Å². The normalized spacial score (nSPS) is 18.2. The topological polar surface area (TPSA) is 66.5 Å². The van der Waals surface area contributed by atoms with Crippen molar-refractivity contribution in [3.05, 3.63) is 29.8 Å². The van der Waals surface area contributed by atoms with E-state index < -0.39 is 0 Å². The molecule has 1 saturated heterocycles. The number of benzene rings is 1. The fourth-order valence-corrected chi connectivity index (χ4v) is 2.54. The Hall–Kier alpha value is -2.17. The van der Waals surface area contributed by atoms with Crippen LogP contribution in [0.1, 0.15) is 37.0 Å². The fraction of sp³-hybridized carbons (Fsp3) is 0.438. The molecule has 5 nitrogen and oxygen atoms in total. The standard InChI is InChI=1S/C16H20N2O3/c1-11(19)13-5-3-7-15(9-13)17-16(21)14-6-4-8-18(10-14)12(2)20/h3,5,7,9,14H,4,6,8,10H2,1-2H3,(H,17,21)/t14-/m0/s1. The summed E-state index contributed by atoms with van der Waals surface area (Å²) in [4.78, 5) is 36.7. The van der Waals surface area contributed by atoms with E-state index in [0.717, 1.165) is 19.4 Å². The van der Waals surface area contributed by atoms with Crippen LogP contribution < -0.4 is 5.32 Å². The van der Waals surface area contributed by atoms with Crippen LogP contribution >= 0.6 is 0 Å². The van der Waals surface area contributed by atoms with E-state index in [1.54, 1.807) is 29.2 Å². The summed E-state index contributed by atoms with van der Waals surface area (Å²) in [6.45, 7) is 4.20. The van der Waals surface area contributed by atoms with E-state index in [-0.39, 0.29) is 23.5 Å². The van der Waals surface area contributed by atoms with Crippen molar-refractivity contribution in [1.82, 2.24) is 4.90 Å². The molecule has 1 heterocycles. The molecule has 2 rings (SSSR count). The Morgan fingerprint density at radius 2 is 2.00 bits per heavy atom. The Balaban J connectivity index is 2.02. The number of anilines is 1. The van der Waals surface area contributed by atoms with Gasteiger partial charge in [-0.1, -0.05) is 12.1 Å². The largest absolute Gasteiger partial charge is 0.342 e. The summed E-state index contributed by atoms with van der Waals surface area (Å²) in [6, 6.07) is 6.90. The minimum absolute atomic E-state index is 0.00563. The molecule has 1 aromatic rings. The van der Waals surface area contributed by atoms with E-state index >= 15 is 0 Å². The molecule has 112 valence electrons. The van der Waals surface area contributed by atoms with Crippen LogP contribution in [0.3, 0.4) is 0 Å². The smallest absolute Gasteiger partial charge is 0.229 e. The Labute approximate surface area is 124 Å². The average Bonchev–Trinajstić information content (AvgIpc) is 2.47. The molecule has 1 aromatic carbocycles. The van der Waals surface area contributed by atoms with Crippen LogP contribution in [0.5, 0.6) is 0 Å². The van der Waals surface area contributed by atoms with Crippen LogP contribution in [-0.4, -0.2) is 35.6 Å². The third-order valence-corrected chi connectivity index (χ3v) is 3.77. The van der Waals surface area contributed by atoms with Crippen molar-refractivity contribution in [3.8, 4) is 0 Å². The first-order chi connectivity index (χ1) is 9.97. The first-order valence-electron chi connectivity index (χ1n) is 7.14. The van der Waals surface area contributed by atoms with Gasteiger partial charge < -0.3 is 10.2 Å². The van der Waals surface area contributed by atoms with Crippen LogP contribution in [-0.2, 0) is 9.59 Å². The number of piperidine rings is 1. The maximum Gasteiger partial charge on any atom is 0.229 e. The highest BCUT2D eigenvalue weighted by molar-refractivity contribution is 5.97. The highest BCUT2D eigenvalue weighted by Crippen LogP contribution is 2.19. The number of nitrogens with one attached hydrogen (secondary N) is 1. The first-order valence-corrected chi connectivity index (χ1v) is 7.14. The highest BCUT2D eigenvalue weighted by atomic mass is 16.2. The summed E-state index contributed by atoms with van der Waals surface area (Å²) in [5, 5.41) is 2.84. The van der Waals surface area contributed by atoms with Gasteiger partial charge in [-0.15, -0.1) is 0 Å². The van der Waals surface area contributed by atoms with Crippen LogP contribution in [0.15, 0.2) is 24.3 Å². The van der Waals surface area contributed by atoms with Crippen molar-refractivity contribution in [2.45, 2.75) is 26.7 Å². The molecule has 1 N–H and O–H groups in total. The average molecular weight is 288 g/mol. The van der Waals surface area contributed by atoms with Gasteiger partial charge in [0.25, 0.3) is 0 Å². The molecule has 0 radical (unpaired) electrons. The predicted octanol–water partition coefficient (Wildman–Crippen LogP) is 2.09. The monoisotopic (exact) mass is 288 g/mol. The summed E-state index contributed by atoms with van der Waals surface area (Å²) in [6.07, 6.45) is 1.62. The number of ketones is 1. The molecule has 0 unspecified atom stereocenters. The van der Waals surface area contributed by atoms with Gasteiger partial charge in [-0.3, -0.25) is 14.4 Å². The minimum atomic E-state index is -0.191. The molecule has 2 amide bonds. The lowest BCUT2D eigenvalue weighted by Gasteiger charge is -2.31. The number of carbonyl (C=O) groups is 3. The van der Waals surface area contributed by atoms with Crippen molar-refractivity contribution >= 4 is 23.3 Å². The SMILES string of the molecule is CC(=O)c1cccc(NC(=O)[C@H]2CCCN(C(C)=O)C2)c1. The molecule has 0 saturated carbocycles. The third-order valence-electron chi connectivity index (χ3n) is 3.77. The number of likely N-dealkylation sites (tertiary alicyclic amines) is 1. The summed E-state index contributed by atoms with van der Waals surface area (Å²) in [5.41, 5.74) is 1.19. The van der Waals surface area contributed by atoms with Gasteiger partial charge in [0, 0.05) is 31.3 Å². The predicted molar refractivity (Wildman–Crippen MR) is 80.1 cm³/mol. The highest BCUT2D eigenvalue weighted by Gasteiger charge is 2.27. The molecule has 1 atom stereocenters. The second-order valence-corrected chi connectivity index (χ2v) is 5.43. The zero-order valence-corrected chi connectivity index (χ0v) is 12.4. The van der Waals surface area contributed by atoms with E-state index in [1.807, 2.05) is 0 Å². The molecule has 1 aliphatic heterocycles. The van der Waals surface area contributed by atoms with Gasteiger partial charge >= 0.3 is 0 Å². The van der Waals surface area contributed by atoms with E-state index in [1.165, 1.54) is 13.8 Å². The first kappa shape index (κ1) is 15.2. The second kappa shape index (κ2) is 6.52. The van der Waals surface area contributed by atoms with Crippen molar-refractivity contribution < 1.29 is 14.4 Å². The van der Waals surface area contributed by atoms with E-state index in [0.29, 0.717) is 17.8 Å². The molecule has 5 heteroatoms. The molecule has 0 bridgehead atoms. The number of rotatable bonds is 3. The molecule has 0 aliphatic carbocycles. The Bertz CT molecular complexity index is 568. The molecule has 0 spiro atoms. The summed E-state index contributed by atoms with van der Waals surface area (Å²) in [5.74, 6) is -0.317. The van der Waals surface area contributed by atoms with Crippen molar-refractivity contribution in [2.75, 3.05) is 18.4 Å². The summed E-state index contributed by atoms with van der Waals surface area (Å²) < 4.78 is 0. The molecular weight excluding hydrogens is 268 g/mol. The number of hydrogen-bond acceptors (Lipinski definition) is 3. The quantitative estimate of drug-likeness (QED) is 0.866. The van der Waals surface area contributed by atoms with Gasteiger partial charge in [-0.2, -0.15) is 0 Å². The zero-order chi connectivity index (χ0) is 15.4. The lowest BCUT2D eigenvalue weighted by Crippen LogP contribution is -2.42. The fourth-order valence-electron chi connectivity index (χ4n) is 2.54. The number of hydrogen-bond donors (Lipinski definition) is 1. The van der Waals surface area contributed by atoms with Gasteiger partial charge in [-0.25, -0.2) is 0 Å². The summed E-state index contributed by atoms with van der Waals surface area (Å²) >= 11 is 0. The molecule has 1 fully saturated rings. The van der Waals surface area contributed by atoms with E-state index in [9.17, 15) is 14.4 Å². The molecular formula is C16H20N2O3. The third kappa shape index (κ3) is 3.90. The van der Waals surface area contributed by atoms with Gasteiger partial charge in [0.1, 0.15) is 0 Å². The molecule has 1 aliphatic rings. The van der Waals surface area contributed by atoms with Crippen molar-refractivity contribution in [3.63, 3.8) is 0 Å². The van der Waals surface area contributed by atoms with Gasteiger partial charge in [-0.05, 0) is 31.9 Å². The lowest BCUT2D eigenvalue weighted by molar-refractivity contribution is -0.132. The van der Waals surface area contributed by atoms with Gasteiger partial charge in [0.2, 0.25) is 11.8 Å². The van der Waals surface area contributed by atoms with Crippen LogP contribution in [0, 0.1) is 5.92 Å². The van der Waals surface area contributed by atoms with Crippen LogP contribution in [0.2, 0.25) is 0 Å². The second-order valence-electron chi connectivity index (χ2n) is 5.43. The minimum Gasteiger partial charge on any atom is -0.342 e. The number of nitrogens with zero attached hydrogens (tertiary/aromatic N) is 1. The number of amides is 2. The van der Waals surface area contributed by atoms with Gasteiger partial charge in [0.15, 0.2) is 5.78 Å². The maximum atomic E-state index is 12.3. The van der Waals surface area contributed by atoms with Crippen molar-refractivity contribution in [1.29, 1.82) is 0 Å². The number of carbonyl (C=O) groups excluding carboxylic acids is 3. The maximum absolute atomic E-state index is 12.3. The molecule has 21 heavy (non-hydrogen) atoms. The van der Waals surface area contributed by atoms with Crippen LogP contribution in [0.25, 0.3) is 0 Å². The van der Waals surface area contributed by atoms with E-state index in [2.05, 4.69) is 5.32 Å². The Morgan fingerprint density at radius 1 is 1.24 bits per heavy atom. The Morgan fingerprint density at radius 3 is 2.67 bits per heavy atom.